The van der Waals surface area contributed by atoms with Gasteiger partial charge in [-0.3, -0.25) is 4.79 Å². The number of nitrogens with zero attached hydrogens (tertiary/aromatic N) is 1. The normalized spacial score (nSPS) is 22.0. The zero-order valence-corrected chi connectivity index (χ0v) is 12.6. The zero-order valence-electron chi connectivity index (χ0n) is 12.6. The van der Waals surface area contributed by atoms with E-state index in [0.717, 1.165) is 19.3 Å². The van der Waals surface area contributed by atoms with E-state index in [4.69, 9.17) is 4.74 Å². The van der Waals surface area contributed by atoms with Crippen LogP contribution < -0.4 is 5.32 Å². The Morgan fingerprint density at radius 2 is 1.95 bits per heavy atom. The van der Waals surface area contributed by atoms with E-state index in [2.05, 4.69) is 5.32 Å². The Hall–Kier alpha value is -1.30. The van der Waals surface area contributed by atoms with Gasteiger partial charge in [0.05, 0.1) is 19.3 Å². The number of urea groups is 1. The van der Waals surface area contributed by atoms with Gasteiger partial charge in [-0.1, -0.05) is 20.8 Å². The zero-order chi connectivity index (χ0) is 15.1. The largest absolute Gasteiger partial charge is 0.481 e. The first-order valence-corrected chi connectivity index (χ1v) is 7.42. The van der Waals surface area contributed by atoms with E-state index in [9.17, 15) is 14.7 Å². The summed E-state index contributed by atoms with van der Waals surface area (Å²) < 4.78 is 5.26. The molecular weight excluding hydrogens is 260 g/mol. The highest BCUT2D eigenvalue weighted by Crippen LogP contribution is 2.21. The van der Waals surface area contributed by atoms with Crippen molar-refractivity contribution >= 4 is 12.0 Å². The van der Waals surface area contributed by atoms with E-state index in [1.165, 1.54) is 0 Å². The van der Waals surface area contributed by atoms with Gasteiger partial charge in [0, 0.05) is 12.6 Å². The molecule has 1 rings (SSSR count). The molecule has 2 N–H and O–H groups in total. The number of carbonyl (C=O) groups is 2. The summed E-state index contributed by atoms with van der Waals surface area (Å²) in [5, 5.41) is 12.2. The number of amides is 2. The van der Waals surface area contributed by atoms with Crippen LogP contribution in [0.25, 0.3) is 0 Å². The van der Waals surface area contributed by atoms with E-state index >= 15 is 0 Å². The maximum atomic E-state index is 12.4. The maximum absolute atomic E-state index is 12.4. The standard InChI is InChI=1S/C14H26N2O4/c1-4-7-16(14(19)15-10(5-2)6-3)12-9-20-8-11(12)13(17)18/h10-12H,4-9H2,1-3H3,(H,15,19)(H,17,18). The van der Waals surface area contributed by atoms with Gasteiger partial charge < -0.3 is 20.1 Å². The van der Waals surface area contributed by atoms with Gasteiger partial charge in [-0.25, -0.2) is 4.79 Å². The predicted octanol–water partition coefficient (Wildman–Crippen LogP) is 1.70. The minimum Gasteiger partial charge on any atom is -0.481 e. The second kappa shape index (κ2) is 8.09. The van der Waals surface area contributed by atoms with E-state index in [1.54, 1.807) is 4.90 Å². The molecule has 0 aromatic rings. The fourth-order valence-electron chi connectivity index (χ4n) is 2.50. The Balaban J connectivity index is 2.76. The van der Waals surface area contributed by atoms with Crippen LogP contribution in [0.2, 0.25) is 0 Å². The lowest BCUT2D eigenvalue weighted by Gasteiger charge is -2.31. The van der Waals surface area contributed by atoms with Crippen molar-refractivity contribution in [2.75, 3.05) is 19.8 Å². The quantitative estimate of drug-likeness (QED) is 0.746. The Morgan fingerprint density at radius 1 is 1.30 bits per heavy atom. The van der Waals surface area contributed by atoms with Gasteiger partial charge >= 0.3 is 12.0 Å². The molecule has 1 saturated heterocycles. The van der Waals surface area contributed by atoms with Gasteiger partial charge in [-0.05, 0) is 19.3 Å². The van der Waals surface area contributed by atoms with Gasteiger partial charge in [0.1, 0.15) is 5.92 Å². The van der Waals surface area contributed by atoms with Gasteiger partial charge in [-0.2, -0.15) is 0 Å². The van der Waals surface area contributed by atoms with Crippen LogP contribution in [0.3, 0.4) is 0 Å². The Kier molecular flexibility index (Phi) is 6.78. The van der Waals surface area contributed by atoms with E-state index < -0.39 is 11.9 Å². The van der Waals surface area contributed by atoms with Crippen molar-refractivity contribution < 1.29 is 19.4 Å². The summed E-state index contributed by atoms with van der Waals surface area (Å²) in [6, 6.07) is -0.420. The third kappa shape index (κ3) is 4.10. The van der Waals surface area contributed by atoms with Crippen molar-refractivity contribution in [3.05, 3.63) is 0 Å². The molecule has 0 aliphatic carbocycles. The fraction of sp³-hybridized carbons (Fsp3) is 0.857. The van der Waals surface area contributed by atoms with Crippen molar-refractivity contribution in [3.63, 3.8) is 0 Å². The molecule has 0 bridgehead atoms. The smallest absolute Gasteiger partial charge is 0.317 e. The second-order valence-corrected chi connectivity index (χ2v) is 5.21. The summed E-state index contributed by atoms with van der Waals surface area (Å²) >= 11 is 0. The summed E-state index contributed by atoms with van der Waals surface area (Å²) in [7, 11) is 0. The van der Waals surface area contributed by atoms with Crippen LogP contribution in [0.4, 0.5) is 4.79 Å². The topological polar surface area (TPSA) is 78.9 Å². The summed E-state index contributed by atoms with van der Waals surface area (Å²) in [4.78, 5) is 25.3. The van der Waals surface area contributed by atoms with Crippen LogP contribution in [0, 0.1) is 5.92 Å². The average Bonchev–Trinajstić information content (AvgIpc) is 2.91. The highest BCUT2D eigenvalue weighted by Gasteiger charge is 2.39. The van der Waals surface area contributed by atoms with Crippen molar-refractivity contribution in [1.82, 2.24) is 10.2 Å². The summed E-state index contributed by atoms with van der Waals surface area (Å²) in [6.45, 7) is 7.05. The molecule has 2 unspecified atom stereocenters. The Labute approximate surface area is 120 Å². The number of carbonyl (C=O) groups excluding carboxylic acids is 1. The molecule has 0 spiro atoms. The van der Waals surface area contributed by atoms with Crippen molar-refractivity contribution in [1.29, 1.82) is 0 Å². The molecule has 116 valence electrons. The van der Waals surface area contributed by atoms with Crippen LogP contribution >= 0.6 is 0 Å². The molecule has 0 radical (unpaired) electrons. The SMILES string of the molecule is CCCN(C(=O)NC(CC)CC)C1COCC1C(=O)O. The highest BCUT2D eigenvalue weighted by atomic mass is 16.5. The summed E-state index contributed by atoms with van der Waals surface area (Å²) in [6.07, 6.45) is 2.52. The molecule has 1 aliphatic rings. The summed E-state index contributed by atoms with van der Waals surface area (Å²) in [5.41, 5.74) is 0. The van der Waals surface area contributed by atoms with E-state index in [0.29, 0.717) is 13.2 Å². The second-order valence-electron chi connectivity index (χ2n) is 5.21. The molecule has 1 heterocycles. The average molecular weight is 286 g/mol. The van der Waals surface area contributed by atoms with Crippen LogP contribution in [0.5, 0.6) is 0 Å². The number of ether oxygens (including phenoxy) is 1. The van der Waals surface area contributed by atoms with Crippen molar-refractivity contribution in [3.8, 4) is 0 Å². The van der Waals surface area contributed by atoms with E-state index in [-0.39, 0.29) is 24.7 Å². The predicted molar refractivity (Wildman–Crippen MR) is 75.6 cm³/mol. The lowest BCUT2D eigenvalue weighted by atomic mass is 10.0. The first-order valence-electron chi connectivity index (χ1n) is 7.42. The number of carboxylic acids is 1. The fourth-order valence-corrected chi connectivity index (χ4v) is 2.50. The first-order chi connectivity index (χ1) is 9.54. The number of carboxylic acid groups (broad SMARTS) is 1. The molecular formula is C14H26N2O4. The van der Waals surface area contributed by atoms with Crippen LogP contribution in [0.1, 0.15) is 40.0 Å². The molecule has 1 fully saturated rings. The number of hydrogen-bond acceptors (Lipinski definition) is 3. The Bertz CT molecular complexity index is 331. The molecule has 6 heteroatoms. The number of rotatable bonds is 7. The number of aliphatic carboxylic acids is 1. The lowest BCUT2D eigenvalue weighted by Crippen LogP contribution is -2.52. The van der Waals surface area contributed by atoms with Crippen LogP contribution in [-0.2, 0) is 9.53 Å². The lowest BCUT2D eigenvalue weighted by molar-refractivity contribution is -0.142. The van der Waals surface area contributed by atoms with Crippen LogP contribution in [-0.4, -0.2) is 53.8 Å². The summed E-state index contributed by atoms with van der Waals surface area (Å²) in [5.74, 6) is -1.53. The third-order valence-corrected chi connectivity index (χ3v) is 3.81. The van der Waals surface area contributed by atoms with Crippen LogP contribution in [0.15, 0.2) is 0 Å². The van der Waals surface area contributed by atoms with E-state index in [1.807, 2.05) is 20.8 Å². The van der Waals surface area contributed by atoms with Crippen molar-refractivity contribution in [2.24, 2.45) is 5.92 Å². The molecule has 2 amide bonds. The number of nitrogens with one attached hydrogen (secondary N) is 1. The van der Waals surface area contributed by atoms with Gasteiger partial charge in [0.25, 0.3) is 0 Å². The maximum Gasteiger partial charge on any atom is 0.317 e. The molecule has 0 saturated carbocycles. The van der Waals surface area contributed by atoms with Gasteiger partial charge in [0.2, 0.25) is 0 Å². The molecule has 20 heavy (non-hydrogen) atoms. The third-order valence-electron chi connectivity index (χ3n) is 3.81. The van der Waals surface area contributed by atoms with Gasteiger partial charge in [-0.15, -0.1) is 0 Å². The number of hydrogen-bond donors (Lipinski definition) is 2. The first kappa shape index (κ1) is 16.8. The molecule has 1 aliphatic heterocycles. The molecule has 2 atom stereocenters. The molecule has 6 nitrogen and oxygen atoms in total. The highest BCUT2D eigenvalue weighted by molar-refractivity contribution is 5.77. The van der Waals surface area contributed by atoms with Crippen molar-refractivity contribution in [2.45, 2.75) is 52.1 Å². The molecule has 0 aromatic carbocycles. The minimum absolute atomic E-state index is 0.132. The monoisotopic (exact) mass is 286 g/mol. The minimum atomic E-state index is -0.899. The Morgan fingerprint density at radius 3 is 2.45 bits per heavy atom. The molecule has 0 aromatic heterocycles. The van der Waals surface area contributed by atoms with Gasteiger partial charge in [0.15, 0.2) is 0 Å².